The lowest BCUT2D eigenvalue weighted by Gasteiger charge is -2.08. The molecule has 2 rings (SSSR count). The van der Waals surface area contributed by atoms with Gasteiger partial charge in [0.15, 0.2) is 0 Å². The Kier molecular flexibility index (Phi) is 6.08. The van der Waals surface area contributed by atoms with Crippen LogP contribution in [-0.2, 0) is 6.42 Å². The fourth-order valence-corrected chi connectivity index (χ4v) is 2.04. The number of benzene rings is 2. The minimum absolute atomic E-state index is 1.04. The summed E-state index contributed by atoms with van der Waals surface area (Å²) >= 11 is 0. The van der Waals surface area contributed by atoms with Gasteiger partial charge in [0.05, 0.1) is 0 Å². The van der Waals surface area contributed by atoms with Crippen LogP contribution in [0, 0.1) is 6.92 Å². The highest BCUT2D eigenvalue weighted by atomic mass is 14.1. The van der Waals surface area contributed by atoms with Crippen molar-refractivity contribution in [2.45, 2.75) is 34.1 Å². The predicted octanol–water partition coefficient (Wildman–Crippen LogP) is 5.89. The monoisotopic (exact) mass is 252 g/mol. The summed E-state index contributed by atoms with van der Waals surface area (Å²) in [4.78, 5) is 0. The third-order valence-corrected chi connectivity index (χ3v) is 3.13. The molecule has 19 heavy (non-hydrogen) atoms. The number of rotatable bonds is 3. The fourth-order valence-electron chi connectivity index (χ4n) is 2.04. The smallest absolute Gasteiger partial charge is 0.0181 e. The molecule has 0 fully saturated rings. The van der Waals surface area contributed by atoms with E-state index in [1.54, 1.807) is 0 Å². The van der Waals surface area contributed by atoms with Gasteiger partial charge in [-0.1, -0.05) is 81.5 Å². The number of aryl methyl sites for hydroxylation is 2. The van der Waals surface area contributed by atoms with Crippen molar-refractivity contribution in [2.24, 2.45) is 0 Å². The summed E-state index contributed by atoms with van der Waals surface area (Å²) in [5.74, 6) is 0. The van der Waals surface area contributed by atoms with E-state index < -0.39 is 0 Å². The van der Waals surface area contributed by atoms with Crippen molar-refractivity contribution < 1.29 is 0 Å². The maximum absolute atomic E-state index is 3.85. The molecule has 0 aliphatic carbocycles. The molecule has 0 N–H and O–H groups in total. The first-order valence-corrected chi connectivity index (χ1v) is 7.07. The molecule has 2 aromatic rings. The van der Waals surface area contributed by atoms with Gasteiger partial charge in [-0.15, -0.1) is 0 Å². The van der Waals surface area contributed by atoms with Gasteiger partial charge in [0, 0.05) is 0 Å². The van der Waals surface area contributed by atoms with Crippen molar-refractivity contribution in [3.05, 3.63) is 65.7 Å². The van der Waals surface area contributed by atoms with Gasteiger partial charge in [-0.2, -0.15) is 0 Å². The van der Waals surface area contributed by atoms with Gasteiger partial charge in [0.25, 0.3) is 0 Å². The summed E-state index contributed by atoms with van der Waals surface area (Å²) in [5, 5.41) is 0. The lowest BCUT2D eigenvalue weighted by Crippen LogP contribution is -1.88. The molecule has 0 bridgehead atoms. The highest BCUT2D eigenvalue weighted by Crippen LogP contribution is 2.23. The zero-order valence-electron chi connectivity index (χ0n) is 12.5. The largest absolute Gasteiger partial charge is 0.0985 e. The second kappa shape index (κ2) is 7.58. The van der Waals surface area contributed by atoms with Gasteiger partial charge in [-0.25, -0.2) is 0 Å². The molecule has 0 aromatic heterocycles. The Labute approximate surface area is 117 Å². The minimum Gasteiger partial charge on any atom is -0.0985 e. The summed E-state index contributed by atoms with van der Waals surface area (Å²) in [7, 11) is 0. The standard InChI is InChI=1S/C17H18.C2H6/c1-4-14-10-11-17(12-15(14)5-2)16-8-6-13(3)7-9-16;1-2/h4,6-12H,1,5H2,2-3H3;1-2H3. The van der Waals surface area contributed by atoms with Crippen LogP contribution < -0.4 is 0 Å². The third kappa shape index (κ3) is 3.82. The summed E-state index contributed by atoms with van der Waals surface area (Å²) in [6, 6.07) is 15.3. The number of hydrogen-bond donors (Lipinski definition) is 0. The van der Waals surface area contributed by atoms with Crippen molar-refractivity contribution in [2.75, 3.05) is 0 Å². The Bertz CT molecular complexity index is 518. The molecule has 0 heteroatoms. The van der Waals surface area contributed by atoms with E-state index in [9.17, 15) is 0 Å². The van der Waals surface area contributed by atoms with Gasteiger partial charge in [0.2, 0.25) is 0 Å². The molecule has 0 saturated heterocycles. The van der Waals surface area contributed by atoms with Crippen LogP contribution in [0.1, 0.15) is 37.5 Å². The highest BCUT2D eigenvalue weighted by Gasteiger charge is 2.01. The molecule has 0 amide bonds. The zero-order chi connectivity index (χ0) is 14.3. The van der Waals surface area contributed by atoms with Gasteiger partial charge < -0.3 is 0 Å². The van der Waals surface area contributed by atoms with Crippen LogP contribution in [0.4, 0.5) is 0 Å². The summed E-state index contributed by atoms with van der Waals surface area (Å²) in [6.45, 7) is 12.1. The van der Waals surface area contributed by atoms with Crippen LogP contribution in [0.5, 0.6) is 0 Å². The maximum atomic E-state index is 3.85. The van der Waals surface area contributed by atoms with Crippen molar-refractivity contribution in [1.82, 2.24) is 0 Å². The normalized spacial score (nSPS) is 9.47. The first-order valence-electron chi connectivity index (χ1n) is 7.07. The average Bonchev–Trinajstić information content (AvgIpc) is 2.49. The topological polar surface area (TPSA) is 0 Å². The lowest BCUT2D eigenvalue weighted by molar-refractivity contribution is 1.13. The second-order valence-corrected chi connectivity index (χ2v) is 4.34. The Balaban J connectivity index is 0.000000861. The van der Waals surface area contributed by atoms with E-state index in [2.05, 4.69) is 62.9 Å². The van der Waals surface area contributed by atoms with E-state index in [0.717, 1.165) is 6.42 Å². The van der Waals surface area contributed by atoms with Crippen LogP contribution in [0.3, 0.4) is 0 Å². The molecule has 0 aliphatic heterocycles. The van der Waals surface area contributed by atoms with Crippen LogP contribution in [0.15, 0.2) is 49.0 Å². The van der Waals surface area contributed by atoms with E-state index in [1.165, 1.54) is 27.8 Å². The minimum atomic E-state index is 1.04. The van der Waals surface area contributed by atoms with Crippen molar-refractivity contribution >= 4 is 6.08 Å². The van der Waals surface area contributed by atoms with E-state index in [1.807, 2.05) is 19.9 Å². The Morgan fingerprint density at radius 3 is 2.05 bits per heavy atom. The van der Waals surface area contributed by atoms with Crippen LogP contribution in [0.25, 0.3) is 17.2 Å². The van der Waals surface area contributed by atoms with Crippen molar-refractivity contribution in [1.29, 1.82) is 0 Å². The van der Waals surface area contributed by atoms with E-state index in [-0.39, 0.29) is 0 Å². The molecule has 0 spiro atoms. The molecule has 0 heterocycles. The highest BCUT2D eigenvalue weighted by molar-refractivity contribution is 5.67. The van der Waals surface area contributed by atoms with Crippen molar-refractivity contribution in [3.8, 4) is 11.1 Å². The SMILES string of the molecule is C=Cc1ccc(-c2ccc(C)cc2)cc1CC.CC. The van der Waals surface area contributed by atoms with Gasteiger partial charge >= 0.3 is 0 Å². The first kappa shape index (κ1) is 15.2. The third-order valence-electron chi connectivity index (χ3n) is 3.13. The maximum Gasteiger partial charge on any atom is -0.0181 e. The molecule has 0 nitrogen and oxygen atoms in total. The van der Waals surface area contributed by atoms with Crippen LogP contribution in [-0.4, -0.2) is 0 Å². The zero-order valence-corrected chi connectivity index (χ0v) is 12.5. The quantitative estimate of drug-likeness (QED) is 0.638. The lowest BCUT2D eigenvalue weighted by atomic mass is 9.97. The molecule has 0 radical (unpaired) electrons. The molecule has 0 saturated carbocycles. The molecule has 0 unspecified atom stereocenters. The Morgan fingerprint density at radius 2 is 1.53 bits per heavy atom. The van der Waals surface area contributed by atoms with Crippen LogP contribution >= 0.6 is 0 Å². The second-order valence-electron chi connectivity index (χ2n) is 4.34. The van der Waals surface area contributed by atoms with Gasteiger partial charge in [-0.3, -0.25) is 0 Å². The summed E-state index contributed by atoms with van der Waals surface area (Å²) in [5.41, 5.74) is 6.46. The summed E-state index contributed by atoms with van der Waals surface area (Å²) < 4.78 is 0. The molecule has 2 aromatic carbocycles. The molecule has 0 aliphatic rings. The molecular formula is C19H24. The number of hydrogen-bond acceptors (Lipinski definition) is 0. The van der Waals surface area contributed by atoms with Crippen molar-refractivity contribution in [3.63, 3.8) is 0 Å². The molecular weight excluding hydrogens is 228 g/mol. The van der Waals surface area contributed by atoms with Crippen LogP contribution in [0.2, 0.25) is 0 Å². The molecule has 0 atom stereocenters. The first-order chi connectivity index (χ1) is 9.24. The van der Waals surface area contributed by atoms with E-state index in [0.29, 0.717) is 0 Å². The predicted molar refractivity (Wildman–Crippen MR) is 87.4 cm³/mol. The fraction of sp³-hybridized carbons (Fsp3) is 0.263. The molecule has 100 valence electrons. The van der Waals surface area contributed by atoms with E-state index >= 15 is 0 Å². The Hall–Kier alpha value is -1.82. The average molecular weight is 252 g/mol. The van der Waals surface area contributed by atoms with Gasteiger partial charge in [-0.05, 0) is 35.6 Å². The van der Waals surface area contributed by atoms with Gasteiger partial charge in [0.1, 0.15) is 0 Å². The Morgan fingerprint density at radius 1 is 0.947 bits per heavy atom. The summed E-state index contributed by atoms with van der Waals surface area (Å²) in [6.07, 6.45) is 2.97. The van der Waals surface area contributed by atoms with E-state index in [4.69, 9.17) is 0 Å².